The van der Waals surface area contributed by atoms with Gasteiger partial charge in [0.2, 0.25) is 0 Å². The summed E-state index contributed by atoms with van der Waals surface area (Å²) in [5.74, 6) is 0. The van der Waals surface area contributed by atoms with Crippen LogP contribution in [0.2, 0.25) is 0 Å². The number of unbranched alkanes of at least 4 members (excludes halogenated alkanes) is 6. The van der Waals surface area contributed by atoms with Gasteiger partial charge in [0.25, 0.3) is 0 Å². The average molecular weight is 846 g/mol. The molecule has 1 aliphatic rings. The van der Waals surface area contributed by atoms with Crippen LogP contribution in [0.4, 0.5) is 11.4 Å². The molecule has 7 aromatic carbocycles. The van der Waals surface area contributed by atoms with E-state index in [1.165, 1.54) is 136 Å². The van der Waals surface area contributed by atoms with Crippen molar-refractivity contribution in [1.82, 2.24) is 0 Å². The summed E-state index contributed by atoms with van der Waals surface area (Å²) in [6.07, 6.45) is 17.2. The van der Waals surface area contributed by atoms with Gasteiger partial charge >= 0.3 is 0 Å². The van der Waals surface area contributed by atoms with E-state index in [2.05, 4.69) is 200 Å². The maximum absolute atomic E-state index is 2.70. The molecule has 0 amide bonds. The summed E-state index contributed by atoms with van der Waals surface area (Å²) < 4.78 is 0. The lowest BCUT2D eigenvalue weighted by Gasteiger charge is -2.43. The summed E-state index contributed by atoms with van der Waals surface area (Å²) in [6.45, 7) is 18.9. The van der Waals surface area contributed by atoms with Gasteiger partial charge in [0.05, 0.1) is 0 Å². The Kier molecular flexibility index (Phi) is 13.9. The molecule has 1 aliphatic carbocycles. The molecule has 0 radical (unpaired) electrons. The summed E-state index contributed by atoms with van der Waals surface area (Å²) in [5, 5.41) is 5.22. The lowest BCUT2D eigenvalue weighted by atomic mass is 9.70. The van der Waals surface area contributed by atoms with Gasteiger partial charge in [-0.1, -0.05) is 215 Å². The monoisotopic (exact) mass is 846 g/mol. The molecule has 0 atom stereocenters. The normalized spacial score (nSPS) is 13.4. The number of hydrogen-bond acceptors (Lipinski definition) is 1. The first-order valence-electron chi connectivity index (χ1n) is 25.4. The molecule has 332 valence electrons. The van der Waals surface area contributed by atoms with Crippen molar-refractivity contribution in [2.75, 3.05) is 4.90 Å². The van der Waals surface area contributed by atoms with Crippen molar-refractivity contribution in [3.05, 3.63) is 156 Å². The Morgan fingerprint density at radius 3 is 1.36 bits per heavy atom. The summed E-state index contributed by atoms with van der Waals surface area (Å²) in [4.78, 5) is 2.70. The van der Waals surface area contributed by atoms with Gasteiger partial charge in [0, 0.05) is 22.3 Å². The Morgan fingerprint density at radius 1 is 0.422 bits per heavy atom. The van der Waals surface area contributed by atoms with Gasteiger partial charge in [-0.25, -0.2) is 0 Å². The fourth-order valence-electron chi connectivity index (χ4n) is 11.5. The van der Waals surface area contributed by atoms with Gasteiger partial charge in [-0.15, -0.1) is 0 Å². The lowest BCUT2D eigenvalue weighted by Crippen LogP contribution is -2.42. The largest absolute Gasteiger partial charge is 0.336 e. The zero-order chi connectivity index (χ0) is 44.9. The highest BCUT2D eigenvalue weighted by atomic mass is 15.2. The van der Waals surface area contributed by atoms with E-state index in [9.17, 15) is 0 Å². The Labute approximate surface area is 387 Å². The molecule has 0 spiro atoms. The van der Waals surface area contributed by atoms with E-state index >= 15 is 0 Å². The number of hydrogen-bond donors (Lipinski definition) is 0. The smallest absolute Gasteiger partial charge is 0.0419 e. The highest BCUT2D eigenvalue weighted by Gasteiger charge is 2.43. The van der Waals surface area contributed by atoms with Crippen LogP contribution in [0.25, 0.3) is 54.9 Å². The van der Waals surface area contributed by atoms with Crippen LogP contribution >= 0.6 is 0 Å². The molecule has 64 heavy (non-hydrogen) atoms. The van der Waals surface area contributed by atoms with Gasteiger partial charge in [0.1, 0.15) is 0 Å². The molecule has 0 aliphatic heterocycles. The number of benzene rings is 7. The van der Waals surface area contributed by atoms with Crippen LogP contribution in [0, 0.1) is 0 Å². The summed E-state index contributed by atoms with van der Waals surface area (Å²) in [6, 6.07) is 54.3. The van der Waals surface area contributed by atoms with Crippen LogP contribution in [0.3, 0.4) is 0 Å². The third kappa shape index (κ3) is 8.23. The molecule has 7 aromatic rings. The molecule has 1 heteroatoms. The summed E-state index contributed by atoms with van der Waals surface area (Å²) in [7, 11) is 0. The molecular weight excluding hydrogens is 771 g/mol. The predicted molar refractivity (Wildman–Crippen MR) is 282 cm³/mol. The predicted octanol–water partition coefficient (Wildman–Crippen LogP) is 19.3. The van der Waals surface area contributed by atoms with Crippen molar-refractivity contribution < 1.29 is 0 Å². The van der Waals surface area contributed by atoms with Crippen LogP contribution in [-0.2, 0) is 10.8 Å². The van der Waals surface area contributed by atoms with Crippen LogP contribution < -0.4 is 4.90 Å². The SMILES string of the molecule is CCCCCCC1(CCCCCC)c2ccccc2-c2ccc(N(c3ccc(-c4c5ccccc5c(-c5ccc(C(C)(CC)CC)cc5)c5ccccc45)cc3)C(C)(CC)CC)cc21. The number of fused-ring (bicyclic) bond motifs is 5. The highest BCUT2D eigenvalue weighted by molar-refractivity contribution is 6.21. The lowest BCUT2D eigenvalue weighted by molar-refractivity contribution is 0.400. The van der Waals surface area contributed by atoms with Crippen molar-refractivity contribution >= 4 is 32.9 Å². The Morgan fingerprint density at radius 2 is 0.875 bits per heavy atom. The zero-order valence-corrected chi connectivity index (χ0v) is 40.6. The minimum absolute atomic E-state index is 0.0513. The second-order valence-corrected chi connectivity index (χ2v) is 19.8. The van der Waals surface area contributed by atoms with Crippen LogP contribution in [0.5, 0.6) is 0 Å². The molecule has 0 bridgehead atoms. The van der Waals surface area contributed by atoms with E-state index < -0.39 is 0 Å². The minimum Gasteiger partial charge on any atom is -0.336 e. The van der Waals surface area contributed by atoms with E-state index in [-0.39, 0.29) is 16.4 Å². The van der Waals surface area contributed by atoms with Gasteiger partial charge in [-0.05, 0) is 147 Å². The van der Waals surface area contributed by atoms with Crippen LogP contribution in [0.15, 0.2) is 140 Å². The fourth-order valence-corrected chi connectivity index (χ4v) is 11.5. The topological polar surface area (TPSA) is 3.24 Å². The molecular formula is C63H75N. The van der Waals surface area contributed by atoms with Crippen LogP contribution in [-0.4, -0.2) is 5.54 Å². The third-order valence-corrected chi connectivity index (χ3v) is 16.3. The molecule has 0 saturated carbocycles. The maximum atomic E-state index is 2.70. The van der Waals surface area contributed by atoms with E-state index in [0.29, 0.717) is 0 Å². The number of anilines is 2. The molecule has 8 rings (SSSR count). The molecule has 0 heterocycles. The first kappa shape index (κ1) is 45.4. The zero-order valence-electron chi connectivity index (χ0n) is 40.6. The summed E-state index contributed by atoms with van der Waals surface area (Å²) >= 11 is 0. The van der Waals surface area contributed by atoms with Crippen LogP contribution in [0.1, 0.15) is 162 Å². The van der Waals surface area contributed by atoms with Crippen molar-refractivity contribution in [1.29, 1.82) is 0 Å². The van der Waals surface area contributed by atoms with Gasteiger partial charge in [0.15, 0.2) is 0 Å². The second-order valence-electron chi connectivity index (χ2n) is 19.8. The van der Waals surface area contributed by atoms with E-state index in [1.54, 1.807) is 11.1 Å². The van der Waals surface area contributed by atoms with Gasteiger partial charge in [-0.2, -0.15) is 0 Å². The van der Waals surface area contributed by atoms with E-state index in [1.807, 2.05) is 0 Å². The molecule has 0 fully saturated rings. The van der Waals surface area contributed by atoms with E-state index in [0.717, 1.165) is 25.7 Å². The highest BCUT2D eigenvalue weighted by Crippen LogP contribution is 2.56. The van der Waals surface area contributed by atoms with Crippen molar-refractivity contribution in [2.24, 2.45) is 0 Å². The average Bonchev–Trinajstić information content (AvgIpc) is 3.62. The second kappa shape index (κ2) is 19.5. The summed E-state index contributed by atoms with van der Waals surface area (Å²) in [5.41, 5.74) is 15.4. The maximum Gasteiger partial charge on any atom is 0.0419 e. The van der Waals surface area contributed by atoms with Crippen molar-refractivity contribution in [3.63, 3.8) is 0 Å². The first-order chi connectivity index (χ1) is 31.2. The third-order valence-electron chi connectivity index (χ3n) is 16.3. The fraction of sp³-hybridized carbons (Fsp3) is 0.397. The Hall–Kier alpha value is -5.14. The van der Waals surface area contributed by atoms with Gasteiger partial charge < -0.3 is 4.90 Å². The molecule has 0 saturated heterocycles. The molecule has 1 nitrogen and oxygen atoms in total. The van der Waals surface area contributed by atoms with Gasteiger partial charge in [-0.3, -0.25) is 0 Å². The van der Waals surface area contributed by atoms with Crippen molar-refractivity contribution in [3.8, 4) is 33.4 Å². The standard InChI is InChI=1S/C63H75N/c1-9-15-17-25-43-63(44-26-18-16-10-2)57-32-24-23-27-51(57)52-42-41-50(45-58(52)63)64(62(8,13-5)14-6)49-39-35-47(36-40-49)60-55-30-21-19-28-53(55)59(54-29-20-22-31-56(54)60)46-33-37-48(38-34-46)61(7,11-3)12-4/h19-24,27-42,45H,9-18,25-26,43-44H2,1-8H3. The Bertz CT molecular complexity index is 2580. The first-order valence-corrected chi connectivity index (χ1v) is 25.4. The van der Waals surface area contributed by atoms with Crippen molar-refractivity contribution in [2.45, 2.75) is 162 Å². The van der Waals surface area contributed by atoms with E-state index in [4.69, 9.17) is 0 Å². The minimum atomic E-state index is -0.0611. The molecule has 0 N–H and O–H groups in total. The molecule has 0 unspecified atom stereocenters. The molecule has 0 aromatic heterocycles. The quantitative estimate of drug-likeness (QED) is 0.0546. The Balaban J connectivity index is 1.24. The number of rotatable bonds is 20. The number of nitrogens with zero attached hydrogens (tertiary/aromatic N) is 1.